The molecule has 0 rings (SSSR count). The lowest BCUT2D eigenvalue weighted by molar-refractivity contribution is -0.124. The van der Waals surface area contributed by atoms with Crippen molar-refractivity contribution >= 4 is 11.8 Å². The molecule has 0 saturated heterocycles. The highest BCUT2D eigenvalue weighted by atomic mass is 16.2. The Labute approximate surface area is 125 Å². The van der Waals surface area contributed by atoms with Gasteiger partial charge >= 0.3 is 0 Å². The topological polar surface area (TPSA) is 58.2 Å². The van der Waals surface area contributed by atoms with Gasteiger partial charge in [-0.1, -0.05) is 34.6 Å². The molecule has 2 unspecified atom stereocenters. The first-order valence-corrected chi connectivity index (χ1v) is 7.88. The van der Waals surface area contributed by atoms with E-state index in [4.69, 9.17) is 0 Å². The van der Waals surface area contributed by atoms with Gasteiger partial charge in [-0.3, -0.25) is 9.59 Å². The second-order valence-electron chi connectivity index (χ2n) is 5.60. The van der Waals surface area contributed by atoms with Crippen molar-refractivity contribution in [1.82, 2.24) is 10.6 Å². The van der Waals surface area contributed by atoms with Gasteiger partial charge in [0.05, 0.1) is 0 Å². The molecule has 0 aromatic rings. The minimum atomic E-state index is 0.106. The molecular formula is C16H34N2O2. The molecule has 4 heteroatoms. The predicted octanol–water partition coefficient (Wildman–Crippen LogP) is 3.26. The standard InChI is InChI=1S/2C8H17NO/c1-5-7(4)9-8(10)6(2)3;1-4-6-8(10)9-7(3)5-2/h6-7H,5H2,1-4H3,(H,9,10);7H,4-6H2,1-3H3,(H,9,10). The molecule has 0 saturated carbocycles. The zero-order valence-corrected chi connectivity index (χ0v) is 14.4. The van der Waals surface area contributed by atoms with Gasteiger partial charge in [0.1, 0.15) is 0 Å². The van der Waals surface area contributed by atoms with E-state index < -0.39 is 0 Å². The fourth-order valence-corrected chi connectivity index (χ4v) is 1.19. The highest BCUT2D eigenvalue weighted by molar-refractivity contribution is 5.78. The van der Waals surface area contributed by atoms with Gasteiger partial charge in [0.2, 0.25) is 11.8 Å². The van der Waals surface area contributed by atoms with Gasteiger partial charge in [-0.05, 0) is 33.1 Å². The van der Waals surface area contributed by atoms with E-state index in [1.807, 2.05) is 34.6 Å². The molecular weight excluding hydrogens is 252 g/mol. The molecule has 0 radical (unpaired) electrons. The Balaban J connectivity index is 0. The van der Waals surface area contributed by atoms with Gasteiger partial charge in [0, 0.05) is 24.4 Å². The van der Waals surface area contributed by atoms with Crippen molar-refractivity contribution in [3.8, 4) is 0 Å². The number of hydrogen-bond donors (Lipinski definition) is 2. The van der Waals surface area contributed by atoms with Crippen LogP contribution in [-0.2, 0) is 9.59 Å². The molecule has 0 spiro atoms. The average molecular weight is 286 g/mol. The van der Waals surface area contributed by atoms with Gasteiger partial charge in [0.25, 0.3) is 0 Å². The summed E-state index contributed by atoms with van der Waals surface area (Å²) in [5.74, 6) is 0.431. The Morgan fingerprint density at radius 3 is 1.65 bits per heavy atom. The first-order valence-electron chi connectivity index (χ1n) is 7.88. The lowest BCUT2D eigenvalue weighted by Gasteiger charge is -2.12. The summed E-state index contributed by atoms with van der Waals surface area (Å²) in [7, 11) is 0. The third-order valence-electron chi connectivity index (χ3n) is 3.02. The maximum atomic E-state index is 11.0. The van der Waals surface area contributed by atoms with Crippen molar-refractivity contribution in [1.29, 1.82) is 0 Å². The first kappa shape index (κ1) is 21.2. The molecule has 4 nitrogen and oxygen atoms in total. The Bertz CT molecular complexity index is 265. The molecule has 0 bridgehead atoms. The highest BCUT2D eigenvalue weighted by Gasteiger charge is 2.08. The monoisotopic (exact) mass is 286 g/mol. The summed E-state index contributed by atoms with van der Waals surface area (Å²) in [4.78, 5) is 21.9. The minimum absolute atomic E-state index is 0.106. The molecule has 0 heterocycles. The van der Waals surface area contributed by atoms with Crippen LogP contribution >= 0.6 is 0 Å². The number of hydrogen-bond acceptors (Lipinski definition) is 2. The molecule has 0 fully saturated rings. The normalized spacial score (nSPS) is 13.0. The van der Waals surface area contributed by atoms with Crippen LogP contribution in [0.1, 0.15) is 74.1 Å². The summed E-state index contributed by atoms with van der Waals surface area (Å²) in [5.41, 5.74) is 0. The second-order valence-corrected chi connectivity index (χ2v) is 5.60. The molecule has 0 aromatic heterocycles. The SMILES string of the molecule is CCC(C)NC(=O)C(C)C.CCCC(=O)NC(C)CC. The number of carbonyl (C=O) groups excluding carboxylic acids is 2. The summed E-state index contributed by atoms with van der Waals surface area (Å²) in [6, 6.07) is 0.647. The van der Waals surface area contributed by atoms with Gasteiger partial charge in [-0.2, -0.15) is 0 Å². The third kappa shape index (κ3) is 13.4. The van der Waals surface area contributed by atoms with Crippen LogP contribution in [0.5, 0.6) is 0 Å². The summed E-state index contributed by atoms with van der Waals surface area (Å²) in [5, 5.41) is 5.78. The van der Waals surface area contributed by atoms with Crippen LogP contribution in [-0.4, -0.2) is 23.9 Å². The lowest BCUT2D eigenvalue weighted by atomic mass is 10.2. The maximum absolute atomic E-state index is 11.0. The van der Waals surface area contributed by atoms with Crippen molar-refractivity contribution in [2.24, 2.45) is 5.92 Å². The van der Waals surface area contributed by atoms with Gasteiger partial charge in [-0.15, -0.1) is 0 Å². The van der Waals surface area contributed by atoms with Gasteiger partial charge in [0.15, 0.2) is 0 Å². The van der Waals surface area contributed by atoms with E-state index in [9.17, 15) is 9.59 Å². The van der Waals surface area contributed by atoms with Crippen molar-refractivity contribution in [3.63, 3.8) is 0 Å². The quantitative estimate of drug-likeness (QED) is 0.754. The van der Waals surface area contributed by atoms with E-state index in [0.29, 0.717) is 18.5 Å². The van der Waals surface area contributed by atoms with Crippen molar-refractivity contribution in [2.75, 3.05) is 0 Å². The highest BCUT2D eigenvalue weighted by Crippen LogP contribution is 1.94. The van der Waals surface area contributed by atoms with Crippen LogP contribution in [0, 0.1) is 5.92 Å². The van der Waals surface area contributed by atoms with Crippen molar-refractivity contribution < 1.29 is 9.59 Å². The lowest BCUT2D eigenvalue weighted by Crippen LogP contribution is -2.34. The summed E-state index contributed by atoms with van der Waals surface area (Å²) in [6.45, 7) is 14.0. The predicted molar refractivity (Wildman–Crippen MR) is 85.5 cm³/mol. The van der Waals surface area contributed by atoms with Crippen molar-refractivity contribution in [3.05, 3.63) is 0 Å². The Morgan fingerprint density at radius 2 is 1.30 bits per heavy atom. The van der Waals surface area contributed by atoms with Crippen LogP contribution in [0.2, 0.25) is 0 Å². The third-order valence-corrected chi connectivity index (χ3v) is 3.02. The zero-order valence-electron chi connectivity index (χ0n) is 14.4. The largest absolute Gasteiger partial charge is 0.354 e. The van der Waals surface area contributed by atoms with Crippen LogP contribution < -0.4 is 10.6 Å². The number of nitrogens with one attached hydrogen (secondary N) is 2. The fraction of sp³-hybridized carbons (Fsp3) is 0.875. The number of amides is 2. The Morgan fingerprint density at radius 1 is 0.850 bits per heavy atom. The molecule has 0 aliphatic carbocycles. The van der Waals surface area contributed by atoms with E-state index in [0.717, 1.165) is 19.3 Å². The fourth-order valence-electron chi connectivity index (χ4n) is 1.19. The molecule has 0 aliphatic rings. The van der Waals surface area contributed by atoms with Crippen LogP contribution in [0.4, 0.5) is 0 Å². The van der Waals surface area contributed by atoms with Crippen LogP contribution in [0.3, 0.4) is 0 Å². The Kier molecular flexibility index (Phi) is 13.8. The van der Waals surface area contributed by atoms with E-state index in [1.165, 1.54) is 0 Å². The van der Waals surface area contributed by atoms with Crippen LogP contribution in [0.15, 0.2) is 0 Å². The number of carbonyl (C=O) groups is 2. The van der Waals surface area contributed by atoms with E-state index in [2.05, 4.69) is 24.5 Å². The summed E-state index contributed by atoms with van der Waals surface area (Å²) < 4.78 is 0. The molecule has 2 N–H and O–H groups in total. The maximum Gasteiger partial charge on any atom is 0.222 e. The summed E-state index contributed by atoms with van der Waals surface area (Å²) >= 11 is 0. The molecule has 2 atom stereocenters. The molecule has 0 aromatic carbocycles. The average Bonchev–Trinajstić information content (AvgIpc) is 2.39. The van der Waals surface area contributed by atoms with E-state index in [1.54, 1.807) is 0 Å². The van der Waals surface area contributed by atoms with Gasteiger partial charge < -0.3 is 10.6 Å². The summed E-state index contributed by atoms with van der Waals surface area (Å²) in [6.07, 6.45) is 3.60. The molecule has 2 amide bonds. The van der Waals surface area contributed by atoms with Crippen LogP contribution in [0.25, 0.3) is 0 Å². The first-order chi connectivity index (χ1) is 9.28. The minimum Gasteiger partial charge on any atom is -0.354 e. The van der Waals surface area contributed by atoms with Crippen molar-refractivity contribution in [2.45, 2.75) is 86.2 Å². The molecule has 120 valence electrons. The smallest absolute Gasteiger partial charge is 0.222 e. The van der Waals surface area contributed by atoms with E-state index >= 15 is 0 Å². The Hall–Kier alpha value is -1.06. The number of rotatable bonds is 7. The van der Waals surface area contributed by atoms with E-state index in [-0.39, 0.29) is 17.7 Å². The molecule has 20 heavy (non-hydrogen) atoms. The molecule has 0 aliphatic heterocycles. The van der Waals surface area contributed by atoms with Gasteiger partial charge in [-0.25, -0.2) is 0 Å². The second kappa shape index (κ2) is 12.9. The zero-order chi connectivity index (χ0) is 16.1.